The summed E-state index contributed by atoms with van der Waals surface area (Å²) < 4.78 is 10.7. The molecule has 7 heteroatoms. The molecule has 0 aliphatic heterocycles. The fourth-order valence-corrected chi connectivity index (χ4v) is 2.89. The highest BCUT2D eigenvalue weighted by Gasteiger charge is 2.29. The Morgan fingerprint density at radius 2 is 1.61 bits per heavy atom. The van der Waals surface area contributed by atoms with Gasteiger partial charge in [-0.15, -0.1) is 0 Å². The predicted octanol–water partition coefficient (Wildman–Crippen LogP) is 3.72. The standard InChI is InChI=1S/C24H30N2O5/c1-6-30-19-13-11-18(12-14-19)25-22(27)17(5)31-24(29)21(15(2)3)26-23(28)20-10-8-7-9-16(20)4/h7-15,17,21H,6H2,1-5H3,(H,25,27)(H,26,28)/t17-,21-/m0/s1. The summed E-state index contributed by atoms with van der Waals surface area (Å²) in [7, 11) is 0. The maximum absolute atomic E-state index is 12.7. The van der Waals surface area contributed by atoms with Gasteiger partial charge in [-0.2, -0.15) is 0 Å². The van der Waals surface area contributed by atoms with Crippen molar-refractivity contribution < 1.29 is 23.9 Å². The first-order chi connectivity index (χ1) is 14.7. The van der Waals surface area contributed by atoms with E-state index in [1.165, 1.54) is 6.92 Å². The molecule has 0 aromatic heterocycles. The molecule has 0 spiro atoms. The Labute approximate surface area is 183 Å². The number of amides is 2. The fourth-order valence-electron chi connectivity index (χ4n) is 2.89. The van der Waals surface area contributed by atoms with Gasteiger partial charge in [-0.05, 0) is 62.6 Å². The smallest absolute Gasteiger partial charge is 0.329 e. The summed E-state index contributed by atoms with van der Waals surface area (Å²) in [5.74, 6) is -1.01. The first-order valence-corrected chi connectivity index (χ1v) is 10.3. The summed E-state index contributed by atoms with van der Waals surface area (Å²) in [6.45, 7) is 9.35. The summed E-state index contributed by atoms with van der Waals surface area (Å²) in [5.41, 5.74) is 1.85. The third kappa shape index (κ3) is 6.84. The lowest BCUT2D eigenvalue weighted by atomic mass is 10.0. The molecule has 0 aliphatic carbocycles. The molecule has 2 atom stereocenters. The zero-order valence-electron chi connectivity index (χ0n) is 18.6. The highest BCUT2D eigenvalue weighted by atomic mass is 16.5. The average molecular weight is 427 g/mol. The summed E-state index contributed by atoms with van der Waals surface area (Å²) in [4.78, 5) is 37.7. The van der Waals surface area contributed by atoms with Gasteiger partial charge in [0.1, 0.15) is 11.8 Å². The van der Waals surface area contributed by atoms with Crippen molar-refractivity contribution in [1.82, 2.24) is 5.32 Å². The van der Waals surface area contributed by atoms with Crippen LogP contribution in [0.2, 0.25) is 0 Å². The SMILES string of the molecule is CCOc1ccc(NC(=O)[C@H](C)OC(=O)[C@@H](NC(=O)c2ccccc2C)C(C)C)cc1. The van der Waals surface area contributed by atoms with Crippen LogP contribution in [0.4, 0.5) is 5.69 Å². The lowest BCUT2D eigenvalue weighted by Gasteiger charge is -2.23. The number of carbonyl (C=O) groups excluding carboxylic acids is 3. The molecular formula is C24H30N2O5. The van der Waals surface area contributed by atoms with E-state index >= 15 is 0 Å². The summed E-state index contributed by atoms with van der Waals surface area (Å²) in [5, 5.41) is 5.43. The van der Waals surface area contributed by atoms with E-state index < -0.39 is 24.0 Å². The molecule has 0 saturated carbocycles. The molecule has 2 aromatic rings. The Kier molecular flexibility index (Phi) is 8.61. The number of hydrogen-bond acceptors (Lipinski definition) is 5. The second-order valence-corrected chi connectivity index (χ2v) is 7.54. The molecule has 2 amide bonds. The van der Waals surface area contributed by atoms with Gasteiger partial charge in [-0.3, -0.25) is 9.59 Å². The number of ether oxygens (including phenoxy) is 2. The van der Waals surface area contributed by atoms with E-state index in [4.69, 9.17) is 9.47 Å². The molecule has 0 fully saturated rings. The largest absolute Gasteiger partial charge is 0.494 e. The molecule has 166 valence electrons. The van der Waals surface area contributed by atoms with E-state index in [-0.39, 0.29) is 11.8 Å². The summed E-state index contributed by atoms with van der Waals surface area (Å²) >= 11 is 0. The Morgan fingerprint density at radius 3 is 2.19 bits per heavy atom. The van der Waals surface area contributed by atoms with Crippen LogP contribution in [-0.2, 0) is 14.3 Å². The minimum Gasteiger partial charge on any atom is -0.494 e. The van der Waals surface area contributed by atoms with E-state index in [1.54, 1.807) is 50.2 Å². The first kappa shape index (κ1) is 23.9. The van der Waals surface area contributed by atoms with Gasteiger partial charge >= 0.3 is 5.97 Å². The molecule has 0 unspecified atom stereocenters. The number of benzene rings is 2. The molecule has 0 bridgehead atoms. The van der Waals surface area contributed by atoms with Crippen LogP contribution in [0.1, 0.15) is 43.6 Å². The van der Waals surface area contributed by atoms with Gasteiger partial charge in [0, 0.05) is 11.3 Å². The highest BCUT2D eigenvalue weighted by molar-refractivity contribution is 5.99. The first-order valence-electron chi connectivity index (χ1n) is 10.3. The Balaban J connectivity index is 1.98. The Hall–Kier alpha value is -3.35. The lowest BCUT2D eigenvalue weighted by molar-refractivity contribution is -0.156. The predicted molar refractivity (Wildman–Crippen MR) is 119 cm³/mol. The second kappa shape index (κ2) is 11.2. The summed E-state index contributed by atoms with van der Waals surface area (Å²) in [6.07, 6.45) is -1.03. The van der Waals surface area contributed by atoms with Crippen LogP contribution >= 0.6 is 0 Å². The van der Waals surface area contributed by atoms with E-state index in [2.05, 4.69) is 10.6 Å². The van der Waals surface area contributed by atoms with Crippen LogP contribution in [0.3, 0.4) is 0 Å². The van der Waals surface area contributed by atoms with Crippen LogP contribution in [0.5, 0.6) is 5.75 Å². The van der Waals surface area contributed by atoms with Gasteiger partial charge in [0.2, 0.25) is 0 Å². The van der Waals surface area contributed by atoms with Gasteiger partial charge in [-0.1, -0.05) is 32.0 Å². The van der Waals surface area contributed by atoms with Crippen molar-refractivity contribution in [3.63, 3.8) is 0 Å². The quantitative estimate of drug-likeness (QED) is 0.596. The van der Waals surface area contributed by atoms with Gasteiger partial charge in [-0.25, -0.2) is 4.79 Å². The fraction of sp³-hybridized carbons (Fsp3) is 0.375. The van der Waals surface area contributed by atoms with Crippen LogP contribution in [0, 0.1) is 12.8 Å². The van der Waals surface area contributed by atoms with Crippen LogP contribution < -0.4 is 15.4 Å². The Bertz CT molecular complexity index is 908. The van der Waals surface area contributed by atoms with Crippen LogP contribution in [-0.4, -0.2) is 36.5 Å². The van der Waals surface area contributed by atoms with Crippen molar-refractivity contribution in [2.24, 2.45) is 5.92 Å². The zero-order chi connectivity index (χ0) is 23.0. The van der Waals surface area contributed by atoms with Gasteiger partial charge in [0.15, 0.2) is 6.10 Å². The zero-order valence-corrected chi connectivity index (χ0v) is 18.6. The highest BCUT2D eigenvalue weighted by Crippen LogP contribution is 2.16. The van der Waals surface area contributed by atoms with Crippen molar-refractivity contribution in [2.45, 2.75) is 46.8 Å². The van der Waals surface area contributed by atoms with Crippen molar-refractivity contribution in [1.29, 1.82) is 0 Å². The molecule has 0 heterocycles. The number of hydrogen-bond donors (Lipinski definition) is 2. The summed E-state index contributed by atoms with van der Waals surface area (Å²) in [6, 6.07) is 13.1. The molecule has 0 saturated heterocycles. The van der Waals surface area contributed by atoms with Crippen molar-refractivity contribution in [3.8, 4) is 5.75 Å². The van der Waals surface area contributed by atoms with E-state index in [1.807, 2.05) is 26.0 Å². The third-order valence-electron chi connectivity index (χ3n) is 4.69. The number of esters is 1. The molecule has 0 radical (unpaired) electrons. The van der Waals surface area contributed by atoms with Crippen molar-refractivity contribution in [3.05, 3.63) is 59.7 Å². The molecular weight excluding hydrogens is 396 g/mol. The molecule has 2 N–H and O–H groups in total. The maximum atomic E-state index is 12.7. The van der Waals surface area contributed by atoms with Crippen LogP contribution in [0.25, 0.3) is 0 Å². The van der Waals surface area contributed by atoms with Crippen LogP contribution in [0.15, 0.2) is 48.5 Å². The second-order valence-electron chi connectivity index (χ2n) is 7.54. The van der Waals surface area contributed by atoms with E-state index in [0.29, 0.717) is 23.6 Å². The molecule has 2 aromatic carbocycles. The monoisotopic (exact) mass is 426 g/mol. The minimum atomic E-state index is -1.03. The Morgan fingerprint density at radius 1 is 0.968 bits per heavy atom. The number of nitrogens with one attached hydrogen (secondary N) is 2. The topological polar surface area (TPSA) is 93.7 Å². The number of carbonyl (C=O) groups is 3. The van der Waals surface area contributed by atoms with Gasteiger partial charge < -0.3 is 20.1 Å². The normalized spacial score (nSPS) is 12.6. The lowest BCUT2D eigenvalue weighted by Crippen LogP contribution is -2.47. The molecule has 0 aliphatic rings. The number of rotatable bonds is 9. The van der Waals surface area contributed by atoms with E-state index in [9.17, 15) is 14.4 Å². The third-order valence-corrected chi connectivity index (χ3v) is 4.69. The van der Waals surface area contributed by atoms with Crippen molar-refractivity contribution >= 4 is 23.5 Å². The van der Waals surface area contributed by atoms with E-state index in [0.717, 1.165) is 5.56 Å². The molecule has 2 rings (SSSR count). The van der Waals surface area contributed by atoms with Gasteiger partial charge in [0.25, 0.3) is 11.8 Å². The minimum absolute atomic E-state index is 0.221. The molecule has 7 nitrogen and oxygen atoms in total. The average Bonchev–Trinajstić information content (AvgIpc) is 2.73. The van der Waals surface area contributed by atoms with Gasteiger partial charge in [0.05, 0.1) is 6.61 Å². The number of anilines is 1. The molecule has 31 heavy (non-hydrogen) atoms. The number of aryl methyl sites for hydroxylation is 1. The van der Waals surface area contributed by atoms with Crippen molar-refractivity contribution in [2.75, 3.05) is 11.9 Å². The maximum Gasteiger partial charge on any atom is 0.329 e.